The molecule has 0 spiro atoms. The summed E-state index contributed by atoms with van der Waals surface area (Å²) in [7, 11) is 1.41. The van der Waals surface area contributed by atoms with Crippen molar-refractivity contribution in [2.24, 2.45) is 10.5 Å². The van der Waals surface area contributed by atoms with Gasteiger partial charge in [-0.25, -0.2) is 4.98 Å². The molecule has 0 N–H and O–H groups in total. The molecule has 0 aliphatic carbocycles. The lowest BCUT2D eigenvalue weighted by Crippen LogP contribution is -2.29. The summed E-state index contributed by atoms with van der Waals surface area (Å²) in [4.78, 5) is 29.3. The van der Waals surface area contributed by atoms with Crippen LogP contribution in [0.25, 0.3) is 10.9 Å². The highest BCUT2D eigenvalue weighted by Crippen LogP contribution is 2.39. The van der Waals surface area contributed by atoms with Gasteiger partial charge in [0.1, 0.15) is 5.82 Å². The number of nitro groups is 1. The average molecular weight is 545 g/mol. The van der Waals surface area contributed by atoms with Crippen molar-refractivity contribution in [2.75, 3.05) is 13.7 Å². The fraction of sp³-hybridized carbons (Fsp3) is 0.400. The fourth-order valence-electron chi connectivity index (χ4n) is 3.27. The molecule has 1 aromatic heterocycles. The maximum absolute atomic E-state index is 13.3. The van der Waals surface area contributed by atoms with Gasteiger partial charge in [-0.1, -0.05) is 57.5 Å². The lowest BCUT2D eigenvalue weighted by atomic mass is 9.95. The molecule has 0 fully saturated rings. The van der Waals surface area contributed by atoms with Crippen molar-refractivity contribution in [3.63, 3.8) is 0 Å². The van der Waals surface area contributed by atoms with Gasteiger partial charge in [0.15, 0.2) is 5.75 Å². The van der Waals surface area contributed by atoms with Crippen molar-refractivity contribution < 1.29 is 14.4 Å². The van der Waals surface area contributed by atoms with Crippen LogP contribution in [0, 0.1) is 15.5 Å². The number of hydrogen-bond donors (Lipinski definition) is 0. The van der Waals surface area contributed by atoms with E-state index in [0.29, 0.717) is 22.3 Å². The summed E-state index contributed by atoms with van der Waals surface area (Å²) in [6, 6.07) is 8.22. The predicted octanol–water partition coefficient (Wildman–Crippen LogP) is 5.68. The van der Waals surface area contributed by atoms with Crippen LogP contribution in [0.3, 0.4) is 0 Å². The summed E-state index contributed by atoms with van der Waals surface area (Å²) < 4.78 is 13.1. The van der Waals surface area contributed by atoms with Crippen LogP contribution in [0.5, 0.6) is 11.5 Å². The Balaban J connectivity index is 2.16. The van der Waals surface area contributed by atoms with Crippen LogP contribution in [0.1, 0.15) is 52.9 Å². The topological polar surface area (TPSA) is 109 Å². The van der Waals surface area contributed by atoms with Crippen molar-refractivity contribution in [1.82, 2.24) is 9.66 Å². The molecule has 35 heavy (non-hydrogen) atoms. The Labute approximate surface area is 212 Å². The number of ether oxygens (including phenoxy) is 2. The SMILES string of the molecule is COc1cc(C=Nn2c(C(C)(C)C)nc3ccc(Br)cc3c2=O)cc([N+](=O)[O-])c1OCC(C)(C)C. The molecule has 0 atom stereocenters. The number of nitrogens with zero attached hydrogens (tertiary/aromatic N) is 4. The normalized spacial score (nSPS) is 12.3. The number of halogens is 1. The smallest absolute Gasteiger partial charge is 0.315 e. The number of aromatic nitrogens is 2. The van der Waals surface area contributed by atoms with Crippen LogP contribution in [0.15, 0.2) is 44.7 Å². The Hall–Kier alpha value is -3.27. The third-order valence-electron chi connectivity index (χ3n) is 4.93. The monoisotopic (exact) mass is 544 g/mol. The second-order valence-corrected chi connectivity index (χ2v) is 11.3. The molecule has 0 unspecified atom stereocenters. The third kappa shape index (κ3) is 6.05. The number of nitro benzene ring substituents is 1. The first-order valence-electron chi connectivity index (χ1n) is 11.0. The summed E-state index contributed by atoms with van der Waals surface area (Å²) in [6.45, 7) is 12.0. The zero-order valence-corrected chi connectivity index (χ0v) is 22.5. The van der Waals surface area contributed by atoms with Crippen LogP contribution in [-0.4, -0.2) is 34.5 Å². The molecule has 1 heterocycles. The van der Waals surface area contributed by atoms with Gasteiger partial charge in [-0.05, 0) is 29.7 Å². The molecule has 3 rings (SSSR count). The Morgan fingerprint density at radius 2 is 1.86 bits per heavy atom. The van der Waals surface area contributed by atoms with Gasteiger partial charge in [-0.3, -0.25) is 14.9 Å². The standard InChI is InChI=1S/C25H29BrN4O5/c1-24(2,3)14-35-21-19(30(32)33)10-15(11-20(21)34-7)13-27-29-22(31)17-12-16(26)8-9-18(17)28-23(29)25(4,5)6/h8-13H,14H2,1-7H3. The fourth-order valence-corrected chi connectivity index (χ4v) is 3.63. The molecular formula is C25H29BrN4O5. The van der Waals surface area contributed by atoms with Crippen LogP contribution >= 0.6 is 15.9 Å². The first kappa shape index (κ1) is 26.3. The molecule has 0 radical (unpaired) electrons. The van der Waals surface area contributed by atoms with Crippen LogP contribution in [-0.2, 0) is 5.41 Å². The van der Waals surface area contributed by atoms with Crippen molar-refractivity contribution in [3.05, 3.63) is 66.7 Å². The average Bonchev–Trinajstić information content (AvgIpc) is 2.75. The van der Waals surface area contributed by atoms with Crippen LogP contribution in [0.4, 0.5) is 5.69 Å². The second kappa shape index (κ2) is 9.77. The number of methoxy groups -OCH3 is 1. The van der Waals surface area contributed by atoms with E-state index in [4.69, 9.17) is 9.47 Å². The van der Waals surface area contributed by atoms with Gasteiger partial charge < -0.3 is 9.47 Å². The van der Waals surface area contributed by atoms with Crippen molar-refractivity contribution in [2.45, 2.75) is 47.0 Å². The molecular weight excluding hydrogens is 516 g/mol. The maximum Gasteiger partial charge on any atom is 0.315 e. The van der Waals surface area contributed by atoms with Gasteiger partial charge in [0.2, 0.25) is 5.75 Å². The largest absolute Gasteiger partial charge is 0.493 e. The van der Waals surface area contributed by atoms with E-state index in [1.807, 2.05) is 47.6 Å². The molecule has 0 bridgehead atoms. The van der Waals surface area contributed by atoms with E-state index in [1.54, 1.807) is 18.2 Å². The molecule has 2 aromatic carbocycles. The summed E-state index contributed by atoms with van der Waals surface area (Å²) >= 11 is 3.39. The molecule has 0 saturated carbocycles. The summed E-state index contributed by atoms with van der Waals surface area (Å²) in [5, 5.41) is 16.6. The maximum atomic E-state index is 13.3. The van der Waals surface area contributed by atoms with Gasteiger partial charge in [-0.2, -0.15) is 9.78 Å². The second-order valence-electron chi connectivity index (χ2n) is 10.4. The molecule has 0 saturated heterocycles. The van der Waals surface area contributed by atoms with E-state index in [-0.39, 0.29) is 34.8 Å². The molecule has 0 amide bonds. The zero-order valence-electron chi connectivity index (χ0n) is 20.9. The number of fused-ring (bicyclic) bond motifs is 1. The first-order valence-corrected chi connectivity index (χ1v) is 11.8. The summed E-state index contributed by atoms with van der Waals surface area (Å²) in [6.07, 6.45) is 1.38. The molecule has 0 aliphatic heterocycles. The van der Waals surface area contributed by atoms with Crippen LogP contribution < -0.4 is 15.0 Å². The zero-order chi connectivity index (χ0) is 26.1. The Kier molecular flexibility index (Phi) is 7.35. The first-order chi connectivity index (χ1) is 16.2. The number of rotatable bonds is 6. The lowest BCUT2D eigenvalue weighted by Gasteiger charge is -2.21. The van der Waals surface area contributed by atoms with Crippen molar-refractivity contribution in [1.29, 1.82) is 0 Å². The van der Waals surface area contributed by atoms with Crippen molar-refractivity contribution >= 4 is 38.7 Å². The minimum absolute atomic E-state index is 0.0503. The quantitative estimate of drug-likeness (QED) is 0.224. The van der Waals surface area contributed by atoms with Crippen LogP contribution in [0.2, 0.25) is 0 Å². The highest BCUT2D eigenvalue weighted by atomic mass is 79.9. The van der Waals surface area contributed by atoms with E-state index >= 15 is 0 Å². The van der Waals surface area contributed by atoms with Gasteiger partial charge in [-0.15, -0.1) is 0 Å². The van der Waals surface area contributed by atoms with Gasteiger partial charge >= 0.3 is 5.69 Å². The van der Waals surface area contributed by atoms with Gasteiger partial charge in [0.05, 0.1) is 35.8 Å². The summed E-state index contributed by atoms with van der Waals surface area (Å²) in [5.74, 6) is 0.711. The minimum atomic E-state index is -0.528. The highest BCUT2D eigenvalue weighted by molar-refractivity contribution is 9.10. The van der Waals surface area contributed by atoms with Crippen molar-refractivity contribution in [3.8, 4) is 11.5 Å². The summed E-state index contributed by atoms with van der Waals surface area (Å²) in [5.41, 5.74) is -0.360. The number of hydrogen-bond acceptors (Lipinski definition) is 7. The van der Waals surface area contributed by atoms with Gasteiger partial charge in [0, 0.05) is 21.5 Å². The van der Waals surface area contributed by atoms with E-state index in [1.165, 1.54) is 24.1 Å². The Morgan fingerprint density at radius 3 is 2.43 bits per heavy atom. The third-order valence-corrected chi connectivity index (χ3v) is 5.42. The van der Waals surface area contributed by atoms with E-state index in [9.17, 15) is 14.9 Å². The lowest BCUT2D eigenvalue weighted by molar-refractivity contribution is -0.386. The predicted molar refractivity (Wildman–Crippen MR) is 140 cm³/mol. The Bertz CT molecular complexity index is 1370. The number of benzene rings is 2. The highest BCUT2D eigenvalue weighted by Gasteiger charge is 2.25. The molecule has 186 valence electrons. The van der Waals surface area contributed by atoms with E-state index in [0.717, 1.165) is 4.47 Å². The molecule has 10 heteroatoms. The Morgan fingerprint density at radius 1 is 1.17 bits per heavy atom. The molecule has 9 nitrogen and oxygen atoms in total. The van der Waals surface area contributed by atoms with E-state index in [2.05, 4.69) is 26.0 Å². The minimum Gasteiger partial charge on any atom is -0.493 e. The molecule has 3 aromatic rings. The van der Waals surface area contributed by atoms with Gasteiger partial charge in [0.25, 0.3) is 5.56 Å². The van der Waals surface area contributed by atoms with E-state index < -0.39 is 10.3 Å². The molecule has 0 aliphatic rings.